The van der Waals surface area contributed by atoms with Crippen LogP contribution in [0.25, 0.3) is 0 Å². The number of hydrogen-bond donors (Lipinski definition) is 3. The Hall–Kier alpha value is -2.09. The number of guanidine groups is 1. The molecule has 5 nitrogen and oxygen atoms in total. The molecule has 2 aliphatic rings. The molecule has 0 spiro atoms. The maximum Gasteiger partial charge on any atom is 0.225 e. The summed E-state index contributed by atoms with van der Waals surface area (Å²) in [5, 5.41) is 9.87. The fourth-order valence-electron chi connectivity index (χ4n) is 4.49. The van der Waals surface area contributed by atoms with Crippen LogP contribution in [0.3, 0.4) is 0 Å². The van der Waals surface area contributed by atoms with Gasteiger partial charge in [-0.05, 0) is 48.9 Å². The molecule has 0 fully saturated rings. The third-order valence-corrected chi connectivity index (χ3v) is 5.93. The Labute approximate surface area is 196 Å². The Kier molecular flexibility index (Phi) is 8.13. The summed E-state index contributed by atoms with van der Waals surface area (Å²) < 4.78 is 0. The van der Waals surface area contributed by atoms with E-state index in [4.69, 9.17) is 4.99 Å². The Morgan fingerprint density at radius 3 is 2.67 bits per heavy atom. The van der Waals surface area contributed by atoms with E-state index >= 15 is 0 Å². The van der Waals surface area contributed by atoms with Crippen LogP contribution in [0, 0.1) is 0 Å². The van der Waals surface area contributed by atoms with E-state index in [1.54, 1.807) is 0 Å². The lowest BCUT2D eigenvalue weighted by molar-refractivity contribution is -0.116. The summed E-state index contributed by atoms with van der Waals surface area (Å²) in [5.41, 5.74) is 5.05. The first-order valence-electron chi connectivity index (χ1n) is 10.7. The summed E-state index contributed by atoms with van der Waals surface area (Å²) in [6.45, 7) is 4.37. The minimum atomic E-state index is 0. The van der Waals surface area contributed by atoms with Gasteiger partial charge < -0.3 is 16.0 Å². The number of aliphatic imine (C=N–C) groups is 1. The van der Waals surface area contributed by atoms with E-state index in [2.05, 4.69) is 53.2 Å². The molecular weight excluding hydrogens is 487 g/mol. The van der Waals surface area contributed by atoms with Crippen LogP contribution in [-0.2, 0) is 11.2 Å². The zero-order chi connectivity index (χ0) is 20.1. The maximum atomic E-state index is 12.1. The number of carbonyl (C=O) groups is 1. The van der Waals surface area contributed by atoms with Gasteiger partial charge in [0.15, 0.2) is 5.96 Å². The molecule has 1 aliphatic heterocycles. The second kappa shape index (κ2) is 10.8. The standard InChI is InChI=1S/C24H30N4O.HI/c1-2-25-24(26-15-18-10-7-9-17-8-3-4-11-20(17)18)27-16-19-14-23(29)28-22-13-6-5-12-21(19)22;/h3-6,8,11-13,18-19H,2,7,9-10,14-16H2,1H3,(H,28,29)(H2,25,26,27);1H. The number of nitrogens with zero attached hydrogens (tertiary/aromatic N) is 1. The van der Waals surface area contributed by atoms with Crippen LogP contribution in [0.4, 0.5) is 5.69 Å². The number of halogens is 1. The van der Waals surface area contributed by atoms with Crippen molar-refractivity contribution in [3.63, 3.8) is 0 Å². The number of benzene rings is 2. The van der Waals surface area contributed by atoms with Crippen LogP contribution in [0.15, 0.2) is 53.5 Å². The van der Waals surface area contributed by atoms with Gasteiger partial charge in [0.25, 0.3) is 0 Å². The van der Waals surface area contributed by atoms with Crippen molar-refractivity contribution < 1.29 is 4.79 Å². The monoisotopic (exact) mass is 518 g/mol. The van der Waals surface area contributed by atoms with Crippen LogP contribution < -0.4 is 16.0 Å². The lowest BCUT2D eigenvalue weighted by Crippen LogP contribution is -2.40. The van der Waals surface area contributed by atoms with Crippen molar-refractivity contribution in [2.24, 2.45) is 4.99 Å². The Morgan fingerprint density at radius 2 is 1.83 bits per heavy atom. The fourth-order valence-corrected chi connectivity index (χ4v) is 4.49. The van der Waals surface area contributed by atoms with Gasteiger partial charge in [-0.3, -0.25) is 9.79 Å². The van der Waals surface area contributed by atoms with Gasteiger partial charge in [-0.2, -0.15) is 0 Å². The Morgan fingerprint density at radius 1 is 1.07 bits per heavy atom. The number of fused-ring (bicyclic) bond motifs is 2. The van der Waals surface area contributed by atoms with Gasteiger partial charge >= 0.3 is 0 Å². The molecule has 0 bridgehead atoms. The van der Waals surface area contributed by atoms with Gasteiger partial charge in [-0.25, -0.2) is 0 Å². The highest BCUT2D eigenvalue weighted by atomic mass is 127. The van der Waals surface area contributed by atoms with Gasteiger partial charge in [0.05, 0.1) is 6.54 Å². The fraction of sp³-hybridized carbons (Fsp3) is 0.417. The van der Waals surface area contributed by atoms with Crippen LogP contribution in [0.2, 0.25) is 0 Å². The number of nitrogens with one attached hydrogen (secondary N) is 3. The van der Waals surface area contributed by atoms with Crippen molar-refractivity contribution in [1.29, 1.82) is 0 Å². The van der Waals surface area contributed by atoms with Gasteiger partial charge in [-0.1, -0.05) is 42.5 Å². The molecule has 3 N–H and O–H groups in total. The predicted octanol–water partition coefficient (Wildman–Crippen LogP) is 4.41. The molecule has 0 saturated carbocycles. The highest BCUT2D eigenvalue weighted by Gasteiger charge is 2.25. The molecule has 1 amide bonds. The first-order valence-corrected chi connectivity index (χ1v) is 10.7. The Bertz CT molecular complexity index is 898. The smallest absolute Gasteiger partial charge is 0.225 e. The van der Waals surface area contributed by atoms with E-state index in [0.717, 1.165) is 24.7 Å². The number of amides is 1. The average Bonchev–Trinajstić information content (AvgIpc) is 2.75. The molecule has 0 aromatic heterocycles. The molecule has 0 saturated heterocycles. The zero-order valence-corrected chi connectivity index (χ0v) is 19.8. The Balaban J connectivity index is 0.00000256. The van der Waals surface area contributed by atoms with Crippen LogP contribution in [-0.4, -0.2) is 31.5 Å². The first-order chi connectivity index (χ1) is 14.2. The number of anilines is 1. The molecule has 4 rings (SSSR count). The highest BCUT2D eigenvalue weighted by molar-refractivity contribution is 14.0. The molecule has 6 heteroatoms. The summed E-state index contributed by atoms with van der Waals surface area (Å²) in [6, 6.07) is 16.8. The quantitative estimate of drug-likeness (QED) is 0.312. The molecule has 1 aliphatic carbocycles. The van der Waals surface area contributed by atoms with E-state index in [1.165, 1.54) is 36.0 Å². The highest BCUT2D eigenvalue weighted by Crippen LogP contribution is 2.32. The largest absolute Gasteiger partial charge is 0.357 e. The molecule has 0 radical (unpaired) electrons. The minimum absolute atomic E-state index is 0. The number of rotatable bonds is 5. The summed E-state index contributed by atoms with van der Waals surface area (Å²) in [5.74, 6) is 1.54. The SMILES string of the molecule is CCNC(=NCC1CC(=O)Nc2ccccc21)NCC1CCCc2ccccc21.I. The van der Waals surface area contributed by atoms with Crippen molar-refractivity contribution in [3.8, 4) is 0 Å². The average molecular weight is 518 g/mol. The molecule has 160 valence electrons. The lowest BCUT2D eigenvalue weighted by atomic mass is 9.83. The van der Waals surface area contributed by atoms with Crippen molar-refractivity contribution in [2.45, 2.75) is 44.4 Å². The van der Waals surface area contributed by atoms with Crippen LogP contribution in [0.5, 0.6) is 0 Å². The third-order valence-electron chi connectivity index (χ3n) is 5.93. The van der Waals surface area contributed by atoms with E-state index in [9.17, 15) is 4.79 Å². The number of aryl methyl sites for hydroxylation is 1. The molecule has 30 heavy (non-hydrogen) atoms. The summed E-state index contributed by atoms with van der Waals surface area (Å²) in [6.07, 6.45) is 4.12. The van der Waals surface area contributed by atoms with E-state index in [0.29, 0.717) is 18.9 Å². The van der Waals surface area contributed by atoms with Crippen molar-refractivity contribution in [1.82, 2.24) is 10.6 Å². The van der Waals surface area contributed by atoms with E-state index < -0.39 is 0 Å². The minimum Gasteiger partial charge on any atom is -0.357 e. The second-order valence-electron chi connectivity index (χ2n) is 7.92. The van der Waals surface area contributed by atoms with E-state index in [1.807, 2.05) is 18.2 Å². The number of carbonyl (C=O) groups excluding carboxylic acids is 1. The van der Waals surface area contributed by atoms with Gasteiger partial charge in [-0.15, -0.1) is 24.0 Å². The number of hydrogen-bond acceptors (Lipinski definition) is 2. The maximum absolute atomic E-state index is 12.1. The zero-order valence-electron chi connectivity index (χ0n) is 17.5. The number of para-hydroxylation sites is 1. The summed E-state index contributed by atoms with van der Waals surface area (Å²) in [4.78, 5) is 16.9. The van der Waals surface area contributed by atoms with Crippen molar-refractivity contribution >= 4 is 41.5 Å². The molecule has 2 aromatic carbocycles. The van der Waals surface area contributed by atoms with E-state index in [-0.39, 0.29) is 35.8 Å². The summed E-state index contributed by atoms with van der Waals surface area (Å²) in [7, 11) is 0. The van der Waals surface area contributed by atoms with Crippen LogP contribution in [0.1, 0.15) is 54.7 Å². The first kappa shape index (κ1) is 22.6. The summed E-state index contributed by atoms with van der Waals surface area (Å²) >= 11 is 0. The van der Waals surface area contributed by atoms with Gasteiger partial charge in [0.2, 0.25) is 5.91 Å². The van der Waals surface area contributed by atoms with Gasteiger partial charge in [0, 0.05) is 37.0 Å². The lowest BCUT2D eigenvalue weighted by Gasteiger charge is -2.27. The van der Waals surface area contributed by atoms with Gasteiger partial charge in [0.1, 0.15) is 0 Å². The van der Waals surface area contributed by atoms with Crippen LogP contribution >= 0.6 is 24.0 Å². The topological polar surface area (TPSA) is 65.5 Å². The van der Waals surface area contributed by atoms with Crippen molar-refractivity contribution in [2.75, 3.05) is 25.0 Å². The third kappa shape index (κ3) is 5.33. The molecule has 2 aromatic rings. The van der Waals surface area contributed by atoms with Crippen molar-refractivity contribution in [3.05, 3.63) is 65.2 Å². The molecule has 1 heterocycles. The second-order valence-corrected chi connectivity index (χ2v) is 7.92. The molecule has 2 atom stereocenters. The molecule has 2 unspecified atom stereocenters. The molecular formula is C24H31IN4O. The predicted molar refractivity (Wildman–Crippen MR) is 134 cm³/mol. The normalized spacial score (nSPS) is 20.3.